The van der Waals surface area contributed by atoms with Gasteiger partial charge in [-0.25, -0.2) is 4.98 Å². The van der Waals surface area contributed by atoms with Gasteiger partial charge in [0.2, 0.25) is 0 Å². The zero-order valence-corrected chi connectivity index (χ0v) is 12.9. The Bertz CT molecular complexity index is 766. The van der Waals surface area contributed by atoms with Crippen LogP contribution in [0.2, 0.25) is 0 Å². The molecule has 0 saturated heterocycles. The predicted octanol–water partition coefficient (Wildman–Crippen LogP) is 3.06. The molecule has 3 N–H and O–H groups in total. The van der Waals surface area contributed by atoms with Crippen molar-refractivity contribution >= 4 is 22.2 Å². The quantitative estimate of drug-likeness (QED) is 0.574. The first-order valence-electron chi connectivity index (χ1n) is 6.90. The summed E-state index contributed by atoms with van der Waals surface area (Å²) >= 11 is 1.67. The minimum atomic E-state index is 0.0530. The standard InChI is InChI=1S/C16H18N4S/c1-10-3-4-12-7-13(5-6-15(12)18-10)16(20-17)8-14-9-21-11(2)19-14/h3-7,9,16,20H,8,17H2,1-2H3. The molecule has 0 saturated carbocycles. The van der Waals surface area contributed by atoms with Gasteiger partial charge in [0, 0.05) is 22.9 Å². The lowest BCUT2D eigenvalue weighted by Crippen LogP contribution is -2.29. The van der Waals surface area contributed by atoms with Crippen LogP contribution in [0, 0.1) is 13.8 Å². The summed E-state index contributed by atoms with van der Waals surface area (Å²) in [6.45, 7) is 4.02. The van der Waals surface area contributed by atoms with E-state index in [0.29, 0.717) is 0 Å². The Morgan fingerprint density at radius 1 is 1.19 bits per heavy atom. The third-order valence-corrected chi connectivity index (χ3v) is 4.36. The summed E-state index contributed by atoms with van der Waals surface area (Å²) in [5.41, 5.74) is 7.16. The highest BCUT2D eigenvalue weighted by Crippen LogP contribution is 2.23. The summed E-state index contributed by atoms with van der Waals surface area (Å²) < 4.78 is 0. The molecular weight excluding hydrogens is 280 g/mol. The maximum Gasteiger partial charge on any atom is 0.0897 e. The predicted molar refractivity (Wildman–Crippen MR) is 87.1 cm³/mol. The summed E-state index contributed by atoms with van der Waals surface area (Å²) in [6.07, 6.45) is 0.783. The highest BCUT2D eigenvalue weighted by Gasteiger charge is 2.13. The smallest absolute Gasteiger partial charge is 0.0897 e. The first-order chi connectivity index (χ1) is 10.2. The second-order valence-electron chi connectivity index (χ2n) is 5.19. The van der Waals surface area contributed by atoms with Gasteiger partial charge in [-0.1, -0.05) is 12.1 Å². The lowest BCUT2D eigenvalue weighted by Gasteiger charge is -2.16. The van der Waals surface area contributed by atoms with Gasteiger partial charge in [0.05, 0.1) is 22.3 Å². The van der Waals surface area contributed by atoms with E-state index in [9.17, 15) is 0 Å². The molecule has 0 radical (unpaired) electrons. The fraction of sp³-hybridized carbons (Fsp3) is 0.250. The van der Waals surface area contributed by atoms with E-state index in [-0.39, 0.29) is 6.04 Å². The van der Waals surface area contributed by atoms with Gasteiger partial charge in [0.1, 0.15) is 0 Å². The highest BCUT2D eigenvalue weighted by molar-refractivity contribution is 7.09. The number of benzene rings is 1. The number of nitrogens with one attached hydrogen (secondary N) is 1. The fourth-order valence-electron chi connectivity index (χ4n) is 2.45. The lowest BCUT2D eigenvalue weighted by atomic mass is 10.0. The number of nitrogens with two attached hydrogens (primary N) is 1. The highest BCUT2D eigenvalue weighted by atomic mass is 32.1. The number of pyridine rings is 1. The Morgan fingerprint density at radius 2 is 2.05 bits per heavy atom. The van der Waals surface area contributed by atoms with Gasteiger partial charge in [0.15, 0.2) is 0 Å². The average Bonchev–Trinajstić information content (AvgIpc) is 2.89. The average molecular weight is 298 g/mol. The minimum absolute atomic E-state index is 0.0530. The SMILES string of the molecule is Cc1ccc2cc(C(Cc3csc(C)n3)NN)ccc2n1. The number of rotatable bonds is 4. The molecule has 3 aromatic rings. The number of thiazole rings is 1. The molecular formula is C16H18N4S. The Balaban J connectivity index is 1.91. The maximum absolute atomic E-state index is 5.74. The number of fused-ring (bicyclic) bond motifs is 1. The van der Waals surface area contributed by atoms with Gasteiger partial charge < -0.3 is 0 Å². The second-order valence-corrected chi connectivity index (χ2v) is 6.25. The zero-order valence-electron chi connectivity index (χ0n) is 12.1. The monoisotopic (exact) mass is 298 g/mol. The molecule has 1 atom stereocenters. The van der Waals surface area contributed by atoms with Gasteiger partial charge in [0.25, 0.3) is 0 Å². The Labute approximate surface area is 128 Å². The Hall–Kier alpha value is -1.82. The molecule has 0 fully saturated rings. The zero-order chi connectivity index (χ0) is 14.8. The van der Waals surface area contributed by atoms with Crippen LogP contribution in [0.1, 0.15) is 28.0 Å². The molecule has 3 rings (SSSR count). The number of aryl methyl sites for hydroxylation is 2. The van der Waals surface area contributed by atoms with Crippen molar-refractivity contribution in [2.75, 3.05) is 0 Å². The van der Waals surface area contributed by atoms with Crippen LogP contribution >= 0.6 is 11.3 Å². The van der Waals surface area contributed by atoms with Crippen molar-refractivity contribution in [1.82, 2.24) is 15.4 Å². The summed E-state index contributed by atoms with van der Waals surface area (Å²) in [6, 6.07) is 10.5. The molecule has 0 spiro atoms. The lowest BCUT2D eigenvalue weighted by molar-refractivity contribution is 0.547. The van der Waals surface area contributed by atoms with Crippen LogP contribution in [0.15, 0.2) is 35.7 Å². The van der Waals surface area contributed by atoms with Crippen LogP contribution in [-0.4, -0.2) is 9.97 Å². The summed E-state index contributed by atoms with van der Waals surface area (Å²) in [7, 11) is 0. The molecule has 1 unspecified atom stereocenters. The third kappa shape index (κ3) is 3.10. The van der Waals surface area contributed by atoms with Crippen molar-refractivity contribution in [1.29, 1.82) is 0 Å². The maximum atomic E-state index is 5.74. The normalized spacial score (nSPS) is 12.7. The molecule has 1 aromatic carbocycles. The van der Waals surface area contributed by atoms with E-state index >= 15 is 0 Å². The van der Waals surface area contributed by atoms with Crippen LogP contribution in [0.4, 0.5) is 0 Å². The van der Waals surface area contributed by atoms with E-state index in [1.807, 2.05) is 26.0 Å². The molecule has 2 aromatic heterocycles. The molecule has 108 valence electrons. The van der Waals surface area contributed by atoms with Crippen molar-refractivity contribution in [3.63, 3.8) is 0 Å². The minimum Gasteiger partial charge on any atom is -0.271 e. The molecule has 0 aliphatic rings. The molecule has 5 heteroatoms. The first kappa shape index (κ1) is 14.1. The molecule has 21 heavy (non-hydrogen) atoms. The van der Waals surface area contributed by atoms with Crippen LogP contribution in [0.3, 0.4) is 0 Å². The number of hydrazine groups is 1. The molecule has 0 bridgehead atoms. The fourth-order valence-corrected chi connectivity index (χ4v) is 3.07. The summed E-state index contributed by atoms with van der Waals surface area (Å²) in [5, 5.41) is 4.30. The molecule has 0 aliphatic heterocycles. The second kappa shape index (κ2) is 5.89. The molecule has 2 heterocycles. The van der Waals surface area contributed by atoms with Crippen LogP contribution in [0.25, 0.3) is 10.9 Å². The van der Waals surface area contributed by atoms with Gasteiger partial charge >= 0.3 is 0 Å². The molecule has 0 aliphatic carbocycles. The molecule has 0 amide bonds. The number of nitrogens with zero attached hydrogens (tertiary/aromatic N) is 2. The van der Waals surface area contributed by atoms with Crippen molar-refractivity contribution in [2.24, 2.45) is 5.84 Å². The number of aromatic nitrogens is 2. The topological polar surface area (TPSA) is 63.8 Å². The van der Waals surface area contributed by atoms with E-state index < -0.39 is 0 Å². The van der Waals surface area contributed by atoms with E-state index in [2.05, 4.69) is 39.0 Å². The molecule has 4 nitrogen and oxygen atoms in total. The summed E-state index contributed by atoms with van der Waals surface area (Å²) in [5.74, 6) is 5.74. The third-order valence-electron chi connectivity index (χ3n) is 3.54. The van der Waals surface area contributed by atoms with Crippen molar-refractivity contribution < 1.29 is 0 Å². The van der Waals surface area contributed by atoms with E-state index in [1.165, 1.54) is 0 Å². The van der Waals surface area contributed by atoms with E-state index in [1.54, 1.807) is 11.3 Å². The Morgan fingerprint density at radius 3 is 2.76 bits per heavy atom. The van der Waals surface area contributed by atoms with Crippen LogP contribution in [-0.2, 0) is 6.42 Å². The van der Waals surface area contributed by atoms with Gasteiger partial charge in [-0.05, 0) is 37.6 Å². The van der Waals surface area contributed by atoms with Gasteiger partial charge in [-0.2, -0.15) is 0 Å². The Kier molecular flexibility index (Phi) is 3.96. The largest absolute Gasteiger partial charge is 0.271 e. The van der Waals surface area contributed by atoms with Gasteiger partial charge in [-0.3, -0.25) is 16.3 Å². The van der Waals surface area contributed by atoms with Crippen molar-refractivity contribution in [3.05, 3.63) is 57.7 Å². The van der Waals surface area contributed by atoms with Crippen molar-refractivity contribution in [3.8, 4) is 0 Å². The van der Waals surface area contributed by atoms with Crippen LogP contribution in [0.5, 0.6) is 0 Å². The summed E-state index contributed by atoms with van der Waals surface area (Å²) in [4.78, 5) is 9.04. The van der Waals surface area contributed by atoms with E-state index in [0.717, 1.165) is 39.3 Å². The van der Waals surface area contributed by atoms with Gasteiger partial charge in [-0.15, -0.1) is 11.3 Å². The number of hydrogen-bond donors (Lipinski definition) is 2. The van der Waals surface area contributed by atoms with Crippen molar-refractivity contribution in [2.45, 2.75) is 26.3 Å². The van der Waals surface area contributed by atoms with E-state index in [4.69, 9.17) is 5.84 Å². The first-order valence-corrected chi connectivity index (χ1v) is 7.78. The number of hydrogen-bond acceptors (Lipinski definition) is 5. The van der Waals surface area contributed by atoms with Crippen LogP contribution < -0.4 is 11.3 Å².